The van der Waals surface area contributed by atoms with Crippen molar-refractivity contribution in [2.24, 2.45) is 0 Å². The first-order valence-corrected chi connectivity index (χ1v) is 9.66. The Morgan fingerprint density at radius 2 is 1.76 bits per heavy atom. The summed E-state index contributed by atoms with van der Waals surface area (Å²) in [6, 6.07) is 10.1. The number of hydrogen-bond donors (Lipinski definition) is 2. The number of likely N-dealkylation sites (N-methyl/N-ethyl adjacent to an activating group) is 1. The maximum Gasteiger partial charge on any atom is 0.229 e. The molecule has 1 saturated heterocycles. The molecule has 9 heteroatoms. The number of benzene rings is 1. The minimum atomic E-state index is -0.463. The lowest BCUT2D eigenvalue weighted by Gasteiger charge is -2.33. The molecule has 0 atom stereocenters. The van der Waals surface area contributed by atoms with Gasteiger partial charge in [0.15, 0.2) is 0 Å². The van der Waals surface area contributed by atoms with Crippen molar-refractivity contribution in [3.63, 3.8) is 0 Å². The van der Waals surface area contributed by atoms with Gasteiger partial charge in [0.25, 0.3) is 0 Å². The number of aromatic nitrogens is 3. The van der Waals surface area contributed by atoms with Crippen LogP contribution in [0, 0.1) is 5.82 Å². The van der Waals surface area contributed by atoms with E-state index in [0.717, 1.165) is 37.7 Å². The summed E-state index contributed by atoms with van der Waals surface area (Å²) in [5.74, 6) is 1.49. The topological polar surface area (TPSA) is 69.2 Å². The molecular weight excluding hydrogens is 393 g/mol. The van der Waals surface area contributed by atoms with Crippen molar-refractivity contribution in [2.45, 2.75) is 0 Å². The van der Waals surface area contributed by atoms with Gasteiger partial charge in [0, 0.05) is 38.1 Å². The second-order valence-electron chi connectivity index (χ2n) is 6.84. The fourth-order valence-electron chi connectivity index (χ4n) is 3.02. The first-order chi connectivity index (χ1) is 14.1. The van der Waals surface area contributed by atoms with Gasteiger partial charge in [-0.1, -0.05) is 11.6 Å². The minimum absolute atomic E-state index is 0.0499. The standard InChI is InChI=1S/C20H21ClFN7/c1-28-8-10-29(11-9-28)19-5-3-15(13-24-19)26-20-23-7-6-18(27-20)25-14-2-4-17(22)16(21)12-14/h2-7,12-13H,8-11H2,1H3,(H2,23,25,26,27). The molecule has 150 valence electrons. The van der Waals surface area contributed by atoms with E-state index in [1.807, 2.05) is 12.1 Å². The summed E-state index contributed by atoms with van der Waals surface area (Å²) in [5.41, 5.74) is 1.43. The number of anilines is 5. The Morgan fingerprint density at radius 1 is 0.966 bits per heavy atom. The van der Waals surface area contributed by atoms with Gasteiger partial charge in [0.1, 0.15) is 17.5 Å². The summed E-state index contributed by atoms with van der Waals surface area (Å²) in [7, 11) is 2.13. The fraction of sp³-hybridized carbons (Fsp3) is 0.250. The zero-order chi connectivity index (χ0) is 20.2. The third kappa shape index (κ3) is 4.90. The van der Waals surface area contributed by atoms with Crippen LogP contribution in [0.2, 0.25) is 5.02 Å². The predicted octanol–water partition coefficient (Wildman–Crippen LogP) is 3.90. The highest BCUT2D eigenvalue weighted by molar-refractivity contribution is 6.31. The van der Waals surface area contributed by atoms with Crippen LogP contribution in [-0.2, 0) is 0 Å². The molecule has 3 heterocycles. The lowest BCUT2D eigenvalue weighted by Crippen LogP contribution is -2.44. The Labute approximate surface area is 173 Å². The van der Waals surface area contributed by atoms with Crippen LogP contribution in [0.25, 0.3) is 0 Å². The van der Waals surface area contributed by atoms with E-state index in [2.05, 4.69) is 42.4 Å². The molecule has 0 amide bonds. The Bertz CT molecular complexity index is 975. The van der Waals surface area contributed by atoms with Gasteiger partial charge < -0.3 is 20.4 Å². The number of pyridine rings is 1. The van der Waals surface area contributed by atoms with Crippen molar-refractivity contribution in [1.29, 1.82) is 0 Å². The Balaban J connectivity index is 1.41. The van der Waals surface area contributed by atoms with E-state index in [1.165, 1.54) is 12.1 Å². The third-order valence-corrected chi connectivity index (χ3v) is 4.97. The van der Waals surface area contributed by atoms with Gasteiger partial charge >= 0.3 is 0 Å². The van der Waals surface area contributed by atoms with Gasteiger partial charge in [0.2, 0.25) is 5.95 Å². The average molecular weight is 414 g/mol. The summed E-state index contributed by atoms with van der Waals surface area (Å²) in [6.45, 7) is 4.02. The van der Waals surface area contributed by atoms with Crippen molar-refractivity contribution in [3.05, 3.63) is 59.6 Å². The predicted molar refractivity (Wildman–Crippen MR) is 114 cm³/mol. The van der Waals surface area contributed by atoms with Crippen LogP contribution in [-0.4, -0.2) is 53.1 Å². The molecule has 0 bridgehead atoms. The molecule has 1 aliphatic heterocycles. The van der Waals surface area contributed by atoms with Gasteiger partial charge in [-0.25, -0.2) is 14.4 Å². The van der Waals surface area contributed by atoms with Gasteiger partial charge in [-0.15, -0.1) is 0 Å². The van der Waals surface area contributed by atoms with Crippen LogP contribution in [0.5, 0.6) is 0 Å². The molecule has 4 rings (SSSR count). The summed E-state index contributed by atoms with van der Waals surface area (Å²) in [6.07, 6.45) is 3.41. The summed E-state index contributed by atoms with van der Waals surface area (Å²) in [5, 5.41) is 6.29. The zero-order valence-electron chi connectivity index (χ0n) is 15.9. The molecule has 1 aliphatic rings. The van der Waals surface area contributed by atoms with E-state index >= 15 is 0 Å². The van der Waals surface area contributed by atoms with Crippen molar-refractivity contribution in [3.8, 4) is 0 Å². The number of nitrogens with one attached hydrogen (secondary N) is 2. The van der Waals surface area contributed by atoms with Crippen molar-refractivity contribution >= 4 is 40.6 Å². The Hall–Kier alpha value is -2.97. The average Bonchev–Trinajstić information content (AvgIpc) is 2.72. The number of hydrogen-bond acceptors (Lipinski definition) is 7. The Morgan fingerprint density at radius 3 is 2.48 bits per heavy atom. The normalized spacial score (nSPS) is 14.7. The molecular formula is C20H21ClFN7. The third-order valence-electron chi connectivity index (χ3n) is 4.68. The van der Waals surface area contributed by atoms with Crippen molar-refractivity contribution in [1.82, 2.24) is 19.9 Å². The van der Waals surface area contributed by atoms with Crippen molar-refractivity contribution < 1.29 is 4.39 Å². The summed E-state index contributed by atoms with van der Waals surface area (Å²) in [4.78, 5) is 17.8. The SMILES string of the molecule is CN1CCN(c2ccc(Nc3nccc(Nc4ccc(F)c(Cl)c4)n3)cn2)CC1. The molecule has 7 nitrogen and oxygen atoms in total. The molecule has 1 aromatic carbocycles. The van der Waals surface area contributed by atoms with Crippen LogP contribution in [0.4, 0.5) is 33.3 Å². The van der Waals surface area contributed by atoms with E-state index in [1.54, 1.807) is 24.5 Å². The first-order valence-electron chi connectivity index (χ1n) is 9.28. The lowest BCUT2D eigenvalue weighted by atomic mass is 10.3. The quantitative estimate of drug-likeness (QED) is 0.657. The van der Waals surface area contributed by atoms with Crippen LogP contribution in [0.15, 0.2) is 48.8 Å². The monoisotopic (exact) mass is 413 g/mol. The van der Waals surface area contributed by atoms with Gasteiger partial charge in [-0.2, -0.15) is 4.98 Å². The second kappa shape index (κ2) is 8.59. The molecule has 2 aromatic heterocycles. The number of halogens is 2. The molecule has 0 spiro atoms. The largest absolute Gasteiger partial charge is 0.354 e. The maximum absolute atomic E-state index is 13.3. The lowest BCUT2D eigenvalue weighted by molar-refractivity contribution is 0.312. The van der Waals surface area contributed by atoms with Gasteiger partial charge in [0.05, 0.1) is 16.9 Å². The summed E-state index contributed by atoms with van der Waals surface area (Å²) >= 11 is 5.82. The molecule has 2 N–H and O–H groups in total. The van der Waals surface area contributed by atoms with E-state index in [4.69, 9.17) is 11.6 Å². The van der Waals surface area contributed by atoms with E-state index in [9.17, 15) is 4.39 Å². The van der Waals surface area contributed by atoms with Crippen LogP contribution in [0.3, 0.4) is 0 Å². The number of rotatable bonds is 5. The molecule has 29 heavy (non-hydrogen) atoms. The van der Waals surface area contributed by atoms with E-state index in [-0.39, 0.29) is 5.02 Å². The molecule has 1 fully saturated rings. The smallest absolute Gasteiger partial charge is 0.229 e. The van der Waals surface area contributed by atoms with Gasteiger partial charge in [-0.05, 0) is 43.4 Å². The maximum atomic E-state index is 13.3. The highest BCUT2D eigenvalue weighted by Gasteiger charge is 2.15. The molecule has 0 radical (unpaired) electrons. The molecule has 0 saturated carbocycles. The van der Waals surface area contributed by atoms with Crippen LogP contribution >= 0.6 is 11.6 Å². The second-order valence-corrected chi connectivity index (χ2v) is 7.25. The highest BCUT2D eigenvalue weighted by Crippen LogP contribution is 2.23. The van der Waals surface area contributed by atoms with Crippen LogP contribution < -0.4 is 15.5 Å². The molecule has 3 aromatic rings. The van der Waals surface area contributed by atoms with Crippen LogP contribution in [0.1, 0.15) is 0 Å². The van der Waals surface area contributed by atoms with E-state index in [0.29, 0.717) is 17.5 Å². The minimum Gasteiger partial charge on any atom is -0.354 e. The first kappa shape index (κ1) is 19.4. The molecule has 0 aliphatic carbocycles. The van der Waals surface area contributed by atoms with Crippen molar-refractivity contribution in [2.75, 3.05) is 48.8 Å². The highest BCUT2D eigenvalue weighted by atomic mass is 35.5. The fourth-order valence-corrected chi connectivity index (χ4v) is 3.20. The number of nitrogens with zero attached hydrogens (tertiary/aromatic N) is 5. The summed E-state index contributed by atoms with van der Waals surface area (Å²) < 4.78 is 13.3. The number of piperazine rings is 1. The zero-order valence-corrected chi connectivity index (χ0v) is 16.7. The van der Waals surface area contributed by atoms with Gasteiger partial charge in [-0.3, -0.25) is 0 Å². The molecule has 0 unspecified atom stereocenters. The van der Waals surface area contributed by atoms with E-state index < -0.39 is 5.82 Å². The Kier molecular flexibility index (Phi) is 5.73.